The number of rotatable bonds is 2. The van der Waals surface area contributed by atoms with Crippen LogP contribution in [0.15, 0.2) is 53.3 Å². The van der Waals surface area contributed by atoms with Crippen molar-refractivity contribution in [3.63, 3.8) is 0 Å². The van der Waals surface area contributed by atoms with Gasteiger partial charge >= 0.3 is 0 Å². The van der Waals surface area contributed by atoms with Crippen LogP contribution in [0.5, 0.6) is 0 Å². The number of halogens is 1. The first-order valence-electron chi connectivity index (χ1n) is 6.69. The van der Waals surface area contributed by atoms with E-state index in [1.165, 1.54) is 18.2 Å². The van der Waals surface area contributed by atoms with E-state index < -0.39 is 17.1 Å². The predicted octanol–water partition coefficient (Wildman–Crippen LogP) is 3.01. The van der Waals surface area contributed by atoms with Gasteiger partial charge in [0.25, 0.3) is 5.56 Å². The summed E-state index contributed by atoms with van der Waals surface area (Å²) in [4.78, 5) is 18.7. The van der Waals surface area contributed by atoms with Gasteiger partial charge in [-0.1, -0.05) is 24.3 Å². The topological polar surface area (TPSA) is 89.8 Å². The van der Waals surface area contributed by atoms with Crippen LogP contribution in [-0.4, -0.2) is 15.1 Å². The molecule has 1 aromatic heterocycles. The summed E-state index contributed by atoms with van der Waals surface area (Å²) >= 11 is 0. The summed E-state index contributed by atoms with van der Waals surface area (Å²) in [5, 5.41) is 19.9. The molecular formula is C17H10FN3O2. The summed E-state index contributed by atoms with van der Waals surface area (Å²) in [6.07, 6.45) is 0. The average Bonchev–Trinajstić information content (AvgIpc) is 2.56. The van der Waals surface area contributed by atoms with Crippen molar-refractivity contribution in [2.24, 2.45) is 0 Å². The SMILES string of the molecule is N#CC(=C(O)c1ccccc1F)c1nc2ccccc2c(=O)[nH]1. The lowest BCUT2D eigenvalue weighted by Crippen LogP contribution is -2.12. The first-order valence-corrected chi connectivity index (χ1v) is 6.69. The monoisotopic (exact) mass is 307 g/mol. The predicted molar refractivity (Wildman–Crippen MR) is 83.8 cm³/mol. The van der Waals surface area contributed by atoms with Gasteiger partial charge in [0.15, 0.2) is 5.82 Å². The van der Waals surface area contributed by atoms with E-state index in [0.717, 1.165) is 6.07 Å². The van der Waals surface area contributed by atoms with Gasteiger partial charge in [-0.15, -0.1) is 0 Å². The van der Waals surface area contributed by atoms with Gasteiger partial charge in [0.1, 0.15) is 23.2 Å². The van der Waals surface area contributed by atoms with Crippen LogP contribution < -0.4 is 5.56 Å². The van der Waals surface area contributed by atoms with Crippen molar-refractivity contribution in [1.82, 2.24) is 9.97 Å². The molecule has 0 spiro atoms. The number of aromatic amines is 1. The molecule has 3 aromatic rings. The van der Waals surface area contributed by atoms with Gasteiger partial charge in [0.05, 0.1) is 16.5 Å². The van der Waals surface area contributed by atoms with Gasteiger partial charge in [0.2, 0.25) is 0 Å². The van der Waals surface area contributed by atoms with E-state index in [4.69, 9.17) is 0 Å². The van der Waals surface area contributed by atoms with E-state index in [9.17, 15) is 19.6 Å². The van der Waals surface area contributed by atoms with Crippen molar-refractivity contribution in [1.29, 1.82) is 5.26 Å². The number of allylic oxidation sites excluding steroid dienone is 1. The molecule has 2 N–H and O–H groups in total. The van der Waals surface area contributed by atoms with E-state index in [2.05, 4.69) is 9.97 Å². The maximum atomic E-state index is 13.8. The highest BCUT2D eigenvalue weighted by Gasteiger charge is 2.16. The molecule has 6 heteroatoms. The highest BCUT2D eigenvalue weighted by Crippen LogP contribution is 2.23. The van der Waals surface area contributed by atoms with Crippen LogP contribution in [0.3, 0.4) is 0 Å². The maximum absolute atomic E-state index is 13.8. The Kier molecular flexibility index (Phi) is 3.61. The fourth-order valence-corrected chi connectivity index (χ4v) is 2.21. The summed E-state index contributed by atoms with van der Waals surface area (Å²) in [6, 6.07) is 13.9. The lowest BCUT2D eigenvalue weighted by molar-refractivity contribution is 0.504. The van der Waals surface area contributed by atoms with Crippen molar-refractivity contribution < 1.29 is 9.50 Å². The van der Waals surface area contributed by atoms with Gasteiger partial charge in [-0.3, -0.25) is 4.79 Å². The molecule has 23 heavy (non-hydrogen) atoms. The standard InChI is InChI=1S/C17H10FN3O2/c18-13-7-3-1-5-10(13)15(22)12(9-19)16-20-14-8-4-2-6-11(14)17(23)21-16/h1-8,22H,(H,20,21,23). The molecular weight excluding hydrogens is 297 g/mol. The van der Waals surface area contributed by atoms with Crippen LogP contribution in [-0.2, 0) is 0 Å². The third-order valence-electron chi connectivity index (χ3n) is 3.33. The summed E-state index contributed by atoms with van der Waals surface area (Å²) in [5.41, 5.74) is -0.516. The number of hydrogen-bond donors (Lipinski definition) is 2. The molecule has 112 valence electrons. The molecule has 1 heterocycles. The summed E-state index contributed by atoms with van der Waals surface area (Å²) in [5.74, 6) is -1.37. The number of aromatic nitrogens is 2. The lowest BCUT2D eigenvalue weighted by Gasteiger charge is -2.06. The Morgan fingerprint density at radius 2 is 1.87 bits per heavy atom. The van der Waals surface area contributed by atoms with Crippen LogP contribution in [0, 0.1) is 17.1 Å². The van der Waals surface area contributed by atoms with Crippen LogP contribution >= 0.6 is 0 Å². The lowest BCUT2D eigenvalue weighted by atomic mass is 10.1. The summed E-state index contributed by atoms with van der Waals surface area (Å²) < 4.78 is 13.8. The number of nitrogens with one attached hydrogen (secondary N) is 1. The number of hydrogen-bond acceptors (Lipinski definition) is 4. The number of aliphatic hydroxyl groups excluding tert-OH is 1. The third-order valence-corrected chi connectivity index (χ3v) is 3.33. The van der Waals surface area contributed by atoms with E-state index in [1.807, 2.05) is 0 Å². The minimum absolute atomic E-state index is 0.114. The quantitative estimate of drug-likeness (QED) is 0.562. The second-order valence-corrected chi connectivity index (χ2v) is 4.75. The summed E-state index contributed by atoms with van der Waals surface area (Å²) in [6.45, 7) is 0. The molecule has 0 unspecified atom stereocenters. The van der Waals surface area contributed by atoms with Crippen molar-refractivity contribution in [3.8, 4) is 6.07 Å². The molecule has 0 aliphatic heterocycles. The Morgan fingerprint density at radius 3 is 2.61 bits per heavy atom. The van der Waals surface area contributed by atoms with Crippen LogP contribution in [0.2, 0.25) is 0 Å². The Hall–Kier alpha value is -3.46. The summed E-state index contributed by atoms with van der Waals surface area (Å²) in [7, 11) is 0. The van der Waals surface area contributed by atoms with Crippen molar-refractivity contribution in [2.75, 3.05) is 0 Å². The first-order chi connectivity index (χ1) is 11.1. The molecule has 0 saturated heterocycles. The smallest absolute Gasteiger partial charge is 0.259 e. The normalized spacial score (nSPS) is 11.8. The zero-order chi connectivity index (χ0) is 16.4. The molecule has 0 bridgehead atoms. The molecule has 0 amide bonds. The molecule has 0 fully saturated rings. The Bertz CT molecular complexity index is 1030. The second-order valence-electron chi connectivity index (χ2n) is 4.75. The first kappa shape index (κ1) is 14.5. The fraction of sp³-hybridized carbons (Fsp3) is 0. The molecule has 0 radical (unpaired) electrons. The van der Waals surface area contributed by atoms with Gasteiger partial charge in [-0.2, -0.15) is 5.26 Å². The molecule has 0 atom stereocenters. The number of benzene rings is 2. The third kappa shape index (κ3) is 2.56. The van der Waals surface area contributed by atoms with Gasteiger partial charge in [0, 0.05) is 0 Å². The second kappa shape index (κ2) is 5.73. The molecule has 0 saturated carbocycles. The van der Waals surface area contributed by atoms with E-state index >= 15 is 0 Å². The molecule has 0 aliphatic carbocycles. The van der Waals surface area contributed by atoms with Crippen LogP contribution in [0.4, 0.5) is 4.39 Å². The zero-order valence-corrected chi connectivity index (χ0v) is 11.7. The zero-order valence-electron chi connectivity index (χ0n) is 11.7. The highest BCUT2D eigenvalue weighted by molar-refractivity contribution is 5.93. The van der Waals surface area contributed by atoms with Crippen molar-refractivity contribution in [3.05, 3.63) is 76.1 Å². The highest BCUT2D eigenvalue weighted by atomic mass is 19.1. The van der Waals surface area contributed by atoms with E-state index in [-0.39, 0.29) is 17.0 Å². The van der Waals surface area contributed by atoms with Gasteiger partial charge < -0.3 is 10.1 Å². The van der Waals surface area contributed by atoms with Crippen molar-refractivity contribution in [2.45, 2.75) is 0 Å². The maximum Gasteiger partial charge on any atom is 0.259 e. The minimum Gasteiger partial charge on any atom is -0.506 e. The Balaban J connectivity index is 2.27. The number of nitriles is 1. The van der Waals surface area contributed by atoms with E-state index in [1.54, 1.807) is 30.3 Å². The molecule has 5 nitrogen and oxygen atoms in total. The molecule has 0 aliphatic rings. The number of nitrogens with zero attached hydrogens (tertiary/aromatic N) is 2. The van der Waals surface area contributed by atoms with Gasteiger partial charge in [-0.05, 0) is 24.3 Å². The minimum atomic E-state index is -0.680. The largest absolute Gasteiger partial charge is 0.506 e. The van der Waals surface area contributed by atoms with Gasteiger partial charge in [-0.25, -0.2) is 9.37 Å². The van der Waals surface area contributed by atoms with Crippen LogP contribution in [0.25, 0.3) is 22.2 Å². The van der Waals surface area contributed by atoms with Crippen LogP contribution in [0.1, 0.15) is 11.4 Å². The number of para-hydroxylation sites is 1. The number of fused-ring (bicyclic) bond motifs is 1. The average molecular weight is 307 g/mol. The van der Waals surface area contributed by atoms with Crippen molar-refractivity contribution >= 4 is 22.2 Å². The fourth-order valence-electron chi connectivity index (χ4n) is 2.21. The Morgan fingerprint density at radius 1 is 1.17 bits per heavy atom. The number of H-pyrrole nitrogens is 1. The number of aliphatic hydroxyl groups is 1. The van der Waals surface area contributed by atoms with E-state index in [0.29, 0.717) is 10.9 Å². The molecule has 3 rings (SSSR count). The Labute approximate surface area is 130 Å². The molecule has 2 aromatic carbocycles.